The second kappa shape index (κ2) is 10.2. The molecule has 0 aromatic carbocycles. The number of hydrogen-bond donors (Lipinski definition) is 2. The van der Waals surface area contributed by atoms with E-state index in [2.05, 4.69) is 17.9 Å². The molecule has 0 amide bonds. The van der Waals surface area contributed by atoms with Crippen molar-refractivity contribution in [1.29, 1.82) is 0 Å². The lowest BCUT2D eigenvalue weighted by atomic mass is 9.92. The van der Waals surface area contributed by atoms with Crippen molar-refractivity contribution in [2.45, 2.75) is 52.6 Å². The Labute approximate surface area is 147 Å². The highest BCUT2D eigenvalue weighted by Crippen LogP contribution is 2.26. The fourth-order valence-corrected chi connectivity index (χ4v) is 2.10. The summed E-state index contributed by atoms with van der Waals surface area (Å²) in [4.78, 5) is 22.8. The van der Waals surface area contributed by atoms with Crippen molar-refractivity contribution in [2.24, 2.45) is 5.41 Å². The zero-order valence-corrected chi connectivity index (χ0v) is 16.6. The van der Waals surface area contributed by atoms with E-state index in [-0.39, 0.29) is 20.6 Å². The lowest BCUT2D eigenvalue weighted by Crippen LogP contribution is -2.33. The number of Topliss-reactive ketones (excluding diaryl/α,β-unsaturated/α-hetero) is 1. The second-order valence-electron chi connectivity index (χ2n) is 6.45. The Balaban J connectivity index is 3.89. The van der Waals surface area contributed by atoms with Crippen LogP contribution in [0.25, 0.3) is 0 Å². The molecular formula is C15H28INO3S. The Morgan fingerprint density at radius 3 is 2.33 bits per heavy atom. The van der Waals surface area contributed by atoms with Gasteiger partial charge in [0.05, 0.1) is 12.1 Å². The molecule has 0 aromatic rings. The number of hydrogen-bond acceptors (Lipinski definition) is 5. The number of ether oxygens (including phenoxy) is 1. The van der Waals surface area contributed by atoms with Crippen LogP contribution >= 0.6 is 35.2 Å². The van der Waals surface area contributed by atoms with Gasteiger partial charge in [-0.2, -0.15) is 12.6 Å². The van der Waals surface area contributed by atoms with Gasteiger partial charge in [-0.1, -0.05) is 13.8 Å². The van der Waals surface area contributed by atoms with Gasteiger partial charge in [0.25, 0.3) is 0 Å². The summed E-state index contributed by atoms with van der Waals surface area (Å²) in [7, 11) is 0. The van der Waals surface area contributed by atoms with Gasteiger partial charge < -0.3 is 10.1 Å². The van der Waals surface area contributed by atoms with Crippen molar-refractivity contribution in [2.75, 3.05) is 25.4 Å². The second-order valence-corrected chi connectivity index (χ2v) is 7.88. The minimum absolute atomic E-state index is 0.158. The summed E-state index contributed by atoms with van der Waals surface area (Å²) < 4.78 is 6.04. The first kappa shape index (κ1) is 21.3. The molecule has 0 rings (SSSR count). The van der Waals surface area contributed by atoms with E-state index >= 15 is 0 Å². The Bertz CT molecular complexity index is 346. The summed E-state index contributed by atoms with van der Waals surface area (Å²) in [6, 6.07) is 0. The SMILES string of the molecule is CC(C)(CCNCC(=O)CCS)OCCC(C)(C)C(=O)I. The molecule has 0 radical (unpaired) electrons. The third-order valence-electron chi connectivity index (χ3n) is 3.37. The number of carbonyl (C=O) groups excluding carboxylic acids is 2. The molecule has 0 aliphatic rings. The van der Waals surface area contributed by atoms with E-state index in [0.717, 1.165) is 13.0 Å². The molecular weight excluding hydrogens is 401 g/mol. The van der Waals surface area contributed by atoms with E-state index in [0.29, 0.717) is 31.7 Å². The van der Waals surface area contributed by atoms with Crippen molar-refractivity contribution >= 4 is 44.8 Å². The molecule has 0 aliphatic carbocycles. The van der Waals surface area contributed by atoms with Gasteiger partial charge in [-0.05, 0) is 39.0 Å². The predicted octanol–water partition coefficient (Wildman–Crippen LogP) is 3.03. The standard InChI is InChI=1S/C15H28INO3S/c1-14(2,13(16)19)7-9-20-15(3,4)6-8-17-11-12(18)5-10-21/h17,21H,5-11H2,1-4H3. The summed E-state index contributed by atoms with van der Waals surface area (Å²) >= 11 is 5.88. The zero-order valence-electron chi connectivity index (χ0n) is 13.5. The van der Waals surface area contributed by atoms with Gasteiger partial charge in [0.15, 0.2) is 3.79 Å². The van der Waals surface area contributed by atoms with Crippen molar-refractivity contribution in [3.05, 3.63) is 0 Å². The van der Waals surface area contributed by atoms with Gasteiger partial charge >= 0.3 is 0 Å². The first-order chi connectivity index (χ1) is 9.60. The first-order valence-electron chi connectivity index (χ1n) is 7.28. The van der Waals surface area contributed by atoms with E-state index in [1.165, 1.54) is 0 Å². The summed E-state index contributed by atoms with van der Waals surface area (Å²) in [6.07, 6.45) is 2.04. The highest BCUT2D eigenvalue weighted by Gasteiger charge is 2.26. The van der Waals surface area contributed by atoms with Gasteiger partial charge in [0.2, 0.25) is 0 Å². The third-order valence-corrected chi connectivity index (χ3v) is 5.05. The molecule has 0 saturated carbocycles. The molecule has 0 unspecified atom stereocenters. The average molecular weight is 429 g/mol. The Morgan fingerprint density at radius 2 is 1.81 bits per heavy atom. The van der Waals surface area contributed by atoms with Gasteiger partial charge in [-0.15, -0.1) is 0 Å². The van der Waals surface area contributed by atoms with Gasteiger partial charge in [0.1, 0.15) is 5.78 Å². The molecule has 124 valence electrons. The molecule has 0 atom stereocenters. The number of nitrogens with one attached hydrogen (secondary N) is 1. The molecule has 0 aliphatic heterocycles. The maximum Gasteiger partial charge on any atom is 0.198 e. The molecule has 0 fully saturated rings. The van der Waals surface area contributed by atoms with Crippen molar-refractivity contribution < 1.29 is 14.3 Å². The van der Waals surface area contributed by atoms with E-state index < -0.39 is 0 Å². The first-order valence-corrected chi connectivity index (χ1v) is 8.99. The minimum Gasteiger partial charge on any atom is -0.375 e. The van der Waals surface area contributed by atoms with Crippen LogP contribution in [0.4, 0.5) is 0 Å². The normalized spacial score (nSPS) is 12.5. The topological polar surface area (TPSA) is 55.4 Å². The Kier molecular flexibility index (Phi) is 10.3. The number of halogens is 1. The molecule has 21 heavy (non-hydrogen) atoms. The van der Waals surface area contributed by atoms with E-state index in [9.17, 15) is 9.59 Å². The van der Waals surface area contributed by atoms with Crippen molar-refractivity contribution in [3.63, 3.8) is 0 Å². The van der Waals surface area contributed by atoms with Crippen LogP contribution < -0.4 is 5.32 Å². The van der Waals surface area contributed by atoms with Crippen LogP contribution in [-0.2, 0) is 14.3 Å². The van der Waals surface area contributed by atoms with Gasteiger partial charge in [-0.25, -0.2) is 0 Å². The Morgan fingerprint density at radius 1 is 1.19 bits per heavy atom. The molecule has 1 N–H and O–H groups in total. The summed E-state index contributed by atoms with van der Waals surface area (Å²) in [5.74, 6) is 0.784. The monoisotopic (exact) mass is 429 g/mol. The number of ketones is 1. The maximum atomic E-state index is 11.4. The van der Waals surface area contributed by atoms with Crippen LogP contribution in [0.1, 0.15) is 47.0 Å². The molecule has 4 nitrogen and oxygen atoms in total. The van der Waals surface area contributed by atoms with Gasteiger partial charge in [-0.3, -0.25) is 9.59 Å². The maximum absolute atomic E-state index is 11.4. The molecule has 0 aromatic heterocycles. The fraction of sp³-hybridized carbons (Fsp3) is 0.867. The van der Waals surface area contributed by atoms with Crippen LogP contribution in [0, 0.1) is 5.41 Å². The largest absolute Gasteiger partial charge is 0.375 e. The van der Waals surface area contributed by atoms with Crippen molar-refractivity contribution in [3.8, 4) is 0 Å². The van der Waals surface area contributed by atoms with Crippen LogP contribution in [0.3, 0.4) is 0 Å². The molecule has 6 heteroatoms. The molecule has 0 bridgehead atoms. The average Bonchev–Trinajstić information content (AvgIpc) is 2.34. The van der Waals surface area contributed by atoms with E-state index in [1.807, 2.05) is 50.3 Å². The predicted molar refractivity (Wildman–Crippen MR) is 98.4 cm³/mol. The smallest absolute Gasteiger partial charge is 0.198 e. The van der Waals surface area contributed by atoms with Crippen LogP contribution in [-0.4, -0.2) is 40.6 Å². The van der Waals surface area contributed by atoms with Gasteiger partial charge in [0, 0.05) is 41.0 Å². The number of carbonyl (C=O) groups is 2. The highest BCUT2D eigenvalue weighted by molar-refractivity contribution is 14.1. The van der Waals surface area contributed by atoms with Crippen LogP contribution in [0.5, 0.6) is 0 Å². The van der Waals surface area contributed by atoms with E-state index in [4.69, 9.17) is 4.74 Å². The number of rotatable bonds is 12. The zero-order chi connectivity index (χ0) is 16.5. The van der Waals surface area contributed by atoms with Crippen LogP contribution in [0.15, 0.2) is 0 Å². The Hall–Kier alpha value is 0.340. The summed E-state index contributed by atoms with van der Waals surface area (Å²) in [6.45, 7) is 9.63. The minimum atomic E-state index is -0.339. The molecule has 0 heterocycles. The molecule has 0 saturated heterocycles. The third kappa shape index (κ3) is 10.7. The van der Waals surface area contributed by atoms with Crippen LogP contribution in [0.2, 0.25) is 0 Å². The van der Waals surface area contributed by atoms with Crippen molar-refractivity contribution in [1.82, 2.24) is 5.32 Å². The quantitative estimate of drug-likeness (QED) is 0.217. The molecule has 0 spiro atoms. The fourth-order valence-electron chi connectivity index (χ4n) is 1.58. The summed E-state index contributed by atoms with van der Waals surface area (Å²) in [5.41, 5.74) is -0.599. The summed E-state index contributed by atoms with van der Waals surface area (Å²) in [5, 5.41) is 3.13. The van der Waals surface area contributed by atoms with E-state index in [1.54, 1.807) is 0 Å². The lowest BCUT2D eigenvalue weighted by Gasteiger charge is -2.28. The highest BCUT2D eigenvalue weighted by atomic mass is 127. The lowest BCUT2D eigenvalue weighted by molar-refractivity contribution is -0.118. The number of thiol groups is 1.